The molecular formula is C21H15BrF4N2O2. The highest BCUT2D eigenvalue weighted by molar-refractivity contribution is 9.10. The van der Waals surface area contributed by atoms with Crippen molar-refractivity contribution in [3.05, 3.63) is 104 Å². The molecule has 4 nitrogen and oxygen atoms in total. The molecule has 0 radical (unpaired) electrons. The van der Waals surface area contributed by atoms with Crippen LogP contribution in [-0.4, -0.2) is 10.5 Å². The van der Waals surface area contributed by atoms with Crippen LogP contribution >= 0.6 is 15.9 Å². The van der Waals surface area contributed by atoms with Gasteiger partial charge in [-0.2, -0.15) is 13.2 Å². The lowest BCUT2D eigenvalue weighted by Crippen LogP contribution is -2.37. The van der Waals surface area contributed by atoms with Gasteiger partial charge in [0.2, 0.25) is 5.91 Å². The second-order valence-electron chi connectivity index (χ2n) is 6.43. The smallest absolute Gasteiger partial charge is 0.344 e. The summed E-state index contributed by atoms with van der Waals surface area (Å²) in [6.45, 7) is -0.649. The SMILES string of the molecule is O=C(Cn1cccc(C(F)(F)F)c1=O)N[C@@H](c1ccccc1)c1ccc(Br)cc1F. The van der Waals surface area contributed by atoms with Crippen molar-refractivity contribution in [1.29, 1.82) is 0 Å². The largest absolute Gasteiger partial charge is 0.421 e. The molecule has 1 heterocycles. The number of hydrogen-bond acceptors (Lipinski definition) is 2. The van der Waals surface area contributed by atoms with E-state index in [1.54, 1.807) is 36.4 Å². The monoisotopic (exact) mass is 482 g/mol. The highest BCUT2D eigenvalue weighted by Gasteiger charge is 2.34. The zero-order valence-corrected chi connectivity index (χ0v) is 16.9. The van der Waals surface area contributed by atoms with Crippen LogP contribution in [0.3, 0.4) is 0 Å². The Morgan fingerprint density at radius 2 is 1.77 bits per heavy atom. The first kappa shape index (κ1) is 21.8. The fourth-order valence-corrected chi connectivity index (χ4v) is 3.29. The standard InChI is InChI=1S/C21H15BrF4N2O2/c22-14-8-9-15(17(23)11-14)19(13-5-2-1-3-6-13)27-18(29)12-28-10-4-7-16(20(28)30)21(24,25)26/h1-11,19H,12H2,(H,27,29)/t19-/m0/s1. The molecule has 0 fully saturated rings. The zero-order chi connectivity index (χ0) is 21.9. The summed E-state index contributed by atoms with van der Waals surface area (Å²) in [4.78, 5) is 24.6. The summed E-state index contributed by atoms with van der Waals surface area (Å²) in [6.07, 6.45) is -3.74. The van der Waals surface area contributed by atoms with Crippen LogP contribution in [-0.2, 0) is 17.5 Å². The minimum absolute atomic E-state index is 0.175. The number of halogens is 5. The van der Waals surface area contributed by atoms with E-state index in [0.29, 0.717) is 20.7 Å². The summed E-state index contributed by atoms with van der Waals surface area (Å²) in [6, 6.07) is 13.7. The first-order chi connectivity index (χ1) is 14.2. The summed E-state index contributed by atoms with van der Waals surface area (Å²) in [7, 11) is 0. The van der Waals surface area contributed by atoms with Gasteiger partial charge in [-0.1, -0.05) is 52.3 Å². The molecule has 0 aliphatic rings. The maximum atomic E-state index is 14.6. The molecule has 3 aromatic rings. The first-order valence-electron chi connectivity index (χ1n) is 8.72. The number of benzene rings is 2. The lowest BCUT2D eigenvalue weighted by atomic mass is 9.98. The number of nitrogens with zero attached hydrogens (tertiary/aromatic N) is 1. The molecule has 156 valence electrons. The van der Waals surface area contributed by atoms with Crippen molar-refractivity contribution in [2.45, 2.75) is 18.8 Å². The maximum absolute atomic E-state index is 14.6. The molecule has 3 rings (SSSR count). The van der Waals surface area contributed by atoms with Gasteiger partial charge >= 0.3 is 6.18 Å². The molecular weight excluding hydrogens is 468 g/mol. The normalized spacial score (nSPS) is 12.4. The van der Waals surface area contributed by atoms with Gasteiger partial charge in [0.05, 0.1) is 6.04 Å². The van der Waals surface area contributed by atoms with E-state index in [9.17, 15) is 27.2 Å². The highest BCUT2D eigenvalue weighted by Crippen LogP contribution is 2.27. The summed E-state index contributed by atoms with van der Waals surface area (Å²) >= 11 is 3.17. The molecule has 0 aliphatic carbocycles. The Balaban J connectivity index is 1.91. The number of carbonyl (C=O) groups is 1. The van der Waals surface area contributed by atoms with Crippen molar-refractivity contribution in [2.75, 3.05) is 0 Å². The number of pyridine rings is 1. The Hall–Kier alpha value is -2.94. The Morgan fingerprint density at radius 1 is 1.07 bits per heavy atom. The molecule has 1 amide bonds. The minimum atomic E-state index is -4.83. The van der Waals surface area contributed by atoms with E-state index in [1.807, 2.05) is 0 Å². The van der Waals surface area contributed by atoms with Crippen molar-refractivity contribution in [2.24, 2.45) is 0 Å². The zero-order valence-electron chi connectivity index (χ0n) is 15.3. The third kappa shape index (κ3) is 4.96. The quantitative estimate of drug-likeness (QED) is 0.537. The van der Waals surface area contributed by atoms with Gasteiger partial charge in [-0.15, -0.1) is 0 Å². The fraction of sp³-hybridized carbons (Fsp3) is 0.143. The van der Waals surface area contributed by atoms with Gasteiger partial charge in [0.1, 0.15) is 17.9 Å². The van der Waals surface area contributed by atoms with Gasteiger partial charge in [0.25, 0.3) is 5.56 Å². The third-order valence-electron chi connectivity index (χ3n) is 4.35. The molecule has 0 bridgehead atoms. The molecule has 0 saturated carbocycles. The van der Waals surface area contributed by atoms with Gasteiger partial charge < -0.3 is 9.88 Å². The van der Waals surface area contributed by atoms with E-state index < -0.39 is 41.6 Å². The Kier molecular flexibility index (Phi) is 6.40. The molecule has 0 unspecified atom stereocenters. The average Bonchev–Trinajstić information content (AvgIpc) is 2.68. The minimum Gasteiger partial charge on any atom is -0.344 e. The van der Waals surface area contributed by atoms with Crippen molar-refractivity contribution in [3.63, 3.8) is 0 Å². The molecule has 0 spiro atoms. The van der Waals surface area contributed by atoms with Gasteiger partial charge in [-0.05, 0) is 29.8 Å². The van der Waals surface area contributed by atoms with Crippen LogP contribution in [0.1, 0.15) is 22.7 Å². The van der Waals surface area contributed by atoms with E-state index in [-0.39, 0.29) is 5.56 Å². The molecule has 2 aromatic carbocycles. The number of nitrogens with one attached hydrogen (secondary N) is 1. The Bertz CT molecular complexity index is 1110. The number of hydrogen-bond donors (Lipinski definition) is 1. The second-order valence-corrected chi connectivity index (χ2v) is 7.35. The molecule has 9 heteroatoms. The van der Waals surface area contributed by atoms with Crippen molar-refractivity contribution < 1.29 is 22.4 Å². The summed E-state index contributed by atoms with van der Waals surface area (Å²) in [5, 5.41) is 2.61. The molecule has 30 heavy (non-hydrogen) atoms. The van der Waals surface area contributed by atoms with Crippen LogP contribution in [0.15, 0.2) is 76.1 Å². The molecule has 0 saturated heterocycles. The van der Waals surface area contributed by atoms with Crippen LogP contribution in [0.2, 0.25) is 0 Å². The maximum Gasteiger partial charge on any atom is 0.421 e. The average molecular weight is 483 g/mol. The summed E-state index contributed by atoms with van der Waals surface area (Å²) in [5.41, 5.74) is -1.94. The first-order valence-corrected chi connectivity index (χ1v) is 9.52. The number of aromatic nitrogens is 1. The fourth-order valence-electron chi connectivity index (χ4n) is 2.96. The van der Waals surface area contributed by atoms with E-state index in [2.05, 4.69) is 21.2 Å². The van der Waals surface area contributed by atoms with Crippen molar-refractivity contribution >= 4 is 21.8 Å². The van der Waals surface area contributed by atoms with Crippen molar-refractivity contribution in [1.82, 2.24) is 9.88 Å². The highest BCUT2D eigenvalue weighted by atomic mass is 79.9. The molecule has 0 aliphatic heterocycles. The lowest BCUT2D eigenvalue weighted by molar-refractivity contribution is -0.139. The Labute approximate surface area is 177 Å². The van der Waals surface area contributed by atoms with E-state index >= 15 is 0 Å². The van der Waals surface area contributed by atoms with Gasteiger partial charge in [-0.25, -0.2) is 4.39 Å². The second kappa shape index (κ2) is 8.83. The van der Waals surface area contributed by atoms with Gasteiger partial charge in [0, 0.05) is 16.2 Å². The van der Waals surface area contributed by atoms with Crippen LogP contribution in [0, 0.1) is 5.82 Å². The van der Waals surface area contributed by atoms with E-state index in [0.717, 1.165) is 12.3 Å². The molecule has 1 aromatic heterocycles. The van der Waals surface area contributed by atoms with Crippen LogP contribution in [0.4, 0.5) is 17.6 Å². The topological polar surface area (TPSA) is 51.1 Å². The Morgan fingerprint density at radius 3 is 2.40 bits per heavy atom. The number of rotatable bonds is 5. The predicted octanol–water partition coefficient (Wildman–Crippen LogP) is 4.67. The van der Waals surface area contributed by atoms with Crippen LogP contribution in [0.5, 0.6) is 0 Å². The number of amides is 1. The summed E-state index contributed by atoms with van der Waals surface area (Å²) in [5.74, 6) is -1.32. The molecule has 1 N–H and O–H groups in total. The number of alkyl halides is 3. The van der Waals surface area contributed by atoms with Gasteiger partial charge in [-0.3, -0.25) is 9.59 Å². The van der Waals surface area contributed by atoms with E-state index in [1.165, 1.54) is 12.1 Å². The lowest BCUT2D eigenvalue weighted by Gasteiger charge is -2.21. The van der Waals surface area contributed by atoms with E-state index in [4.69, 9.17) is 0 Å². The summed E-state index contributed by atoms with van der Waals surface area (Å²) < 4.78 is 54.5. The van der Waals surface area contributed by atoms with Crippen LogP contribution < -0.4 is 10.9 Å². The molecule has 1 atom stereocenters. The van der Waals surface area contributed by atoms with Crippen molar-refractivity contribution in [3.8, 4) is 0 Å². The third-order valence-corrected chi connectivity index (χ3v) is 4.84. The number of carbonyl (C=O) groups excluding carboxylic acids is 1. The van der Waals surface area contributed by atoms with Gasteiger partial charge in [0.15, 0.2) is 0 Å². The van der Waals surface area contributed by atoms with Crippen LogP contribution in [0.25, 0.3) is 0 Å². The predicted molar refractivity (Wildman–Crippen MR) is 106 cm³/mol.